The minimum Gasteiger partial charge on any atom is -0.462 e. The van der Waals surface area contributed by atoms with Gasteiger partial charge in [0, 0.05) is 12.8 Å². The molecule has 4 rings (SSSR count). The Morgan fingerprint density at radius 2 is 1.37 bits per heavy atom. The van der Waals surface area contributed by atoms with Crippen LogP contribution in [0.4, 0.5) is 0 Å². The van der Waals surface area contributed by atoms with Crippen LogP contribution in [0.25, 0.3) is 0 Å². The number of carbonyl (C=O) groups is 1. The summed E-state index contributed by atoms with van der Waals surface area (Å²) in [4.78, 5) is 12.9. The summed E-state index contributed by atoms with van der Waals surface area (Å²) < 4.78 is 6.15. The maximum atomic E-state index is 12.9. The Labute approximate surface area is 318 Å². The fourth-order valence-corrected chi connectivity index (χ4v) is 12.0. The minimum absolute atomic E-state index is 0.0619. The van der Waals surface area contributed by atoms with Gasteiger partial charge < -0.3 is 4.74 Å². The molecule has 0 heterocycles. The quantitative estimate of drug-likeness (QED) is 0.0537. The van der Waals surface area contributed by atoms with E-state index in [2.05, 4.69) is 59.8 Å². The molecule has 4 aliphatic carbocycles. The molecule has 3 saturated carbocycles. The van der Waals surface area contributed by atoms with Gasteiger partial charge in [0.1, 0.15) is 6.10 Å². The number of ether oxygens (including phenoxy) is 1. The monoisotopic (exact) mass is 707 g/mol. The van der Waals surface area contributed by atoms with E-state index in [-0.39, 0.29) is 12.1 Å². The molecule has 2 nitrogen and oxygen atoms in total. The smallest absolute Gasteiger partial charge is 0.306 e. The molecule has 0 aromatic heterocycles. The molecule has 294 valence electrons. The van der Waals surface area contributed by atoms with Gasteiger partial charge in [-0.2, -0.15) is 0 Å². The fraction of sp³-hybridized carbons (Fsp3) is 0.898. The highest BCUT2D eigenvalue weighted by Crippen LogP contribution is 2.67. The second kappa shape index (κ2) is 22.4. The van der Waals surface area contributed by atoms with Crippen LogP contribution in [0.5, 0.6) is 0 Å². The van der Waals surface area contributed by atoms with E-state index in [0.717, 1.165) is 54.8 Å². The molecule has 0 saturated heterocycles. The summed E-state index contributed by atoms with van der Waals surface area (Å²) in [6.45, 7) is 15.0. The number of rotatable bonds is 25. The van der Waals surface area contributed by atoms with E-state index in [1.807, 2.05) is 0 Å². The molecular formula is C49H86O2. The third-order valence-electron chi connectivity index (χ3n) is 15.2. The molecule has 0 amide bonds. The van der Waals surface area contributed by atoms with Crippen LogP contribution in [0.1, 0.15) is 228 Å². The lowest BCUT2D eigenvalue weighted by Gasteiger charge is -2.58. The van der Waals surface area contributed by atoms with E-state index in [4.69, 9.17) is 4.74 Å². The van der Waals surface area contributed by atoms with Crippen molar-refractivity contribution in [2.45, 2.75) is 234 Å². The van der Waals surface area contributed by atoms with Crippen LogP contribution in [0.15, 0.2) is 23.8 Å². The summed E-state index contributed by atoms with van der Waals surface area (Å²) in [7, 11) is 0. The van der Waals surface area contributed by atoms with Crippen LogP contribution in [0.2, 0.25) is 0 Å². The van der Waals surface area contributed by atoms with Crippen molar-refractivity contribution in [3.8, 4) is 0 Å². The van der Waals surface area contributed by atoms with Gasteiger partial charge in [-0.25, -0.2) is 0 Å². The molecule has 0 radical (unpaired) electrons. The Morgan fingerprint density at radius 3 is 2.02 bits per heavy atom. The first-order valence-corrected chi connectivity index (χ1v) is 23.2. The van der Waals surface area contributed by atoms with Crippen molar-refractivity contribution in [1.29, 1.82) is 0 Å². The number of carbonyl (C=O) groups excluding carboxylic acids is 1. The molecule has 0 aromatic rings. The zero-order valence-electron chi connectivity index (χ0n) is 35.1. The lowest BCUT2D eigenvalue weighted by molar-refractivity contribution is -0.151. The summed E-state index contributed by atoms with van der Waals surface area (Å²) >= 11 is 0. The number of unbranched alkanes of at least 4 members (excludes halogenated alkanes) is 15. The van der Waals surface area contributed by atoms with Gasteiger partial charge in [-0.05, 0) is 123 Å². The SMILES string of the molecule is CCCCCCCC/C=C\CCCCCCCCCCCC(=O)O[C@H]1CC[C@@]2(C)C(=CC[C@@H]3[C@H]4CC[C@@H]([C@@H](C)CCCC(C)C)[C@@]4(C)CC[C@H]32)C1. The average molecular weight is 707 g/mol. The molecule has 0 bridgehead atoms. The molecule has 0 aromatic carbocycles. The molecule has 2 heteroatoms. The molecule has 0 aliphatic heterocycles. The molecule has 8 atom stereocenters. The lowest BCUT2D eigenvalue weighted by Crippen LogP contribution is -2.51. The van der Waals surface area contributed by atoms with Crippen molar-refractivity contribution in [3.63, 3.8) is 0 Å². The van der Waals surface area contributed by atoms with Gasteiger partial charge in [-0.1, -0.05) is 162 Å². The third kappa shape index (κ3) is 12.8. The van der Waals surface area contributed by atoms with Crippen molar-refractivity contribution in [2.24, 2.45) is 46.3 Å². The second-order valence-electron chi connectivity index (χ2n) is 19.4. The highest BCUT2D eigenvalue weighted by Gasteiger charge is 2.59. The largest absolute Gasteiger partial charge is 0.462 e. The summed E-state index contributed by atoms with van der Waals surface area (Å²) in [6.07, 6.45) is 45.4. The predicted octanol–water partition coefficient (Wildman–Crippen LogP) is 15.5. The van der Waals surface area contributed by atoms with Crippen LogP contribution < -0.4 is 0 Å². The lowest BCUT2D eigenvalue weighted by atomic mass is 9.47. The van der Waals surface area contributed by atoms with Crippen molar-refractivity contribution < 1.29 is 9.53 Å². The Hall–Kier alpha value is -1.05. The zero-order valence-corrected chi connectivity index (χ0v) is 35.1. The standard InChI is InChI=1S/C49H86O2/c1-7-8-9-10-11-12-13-14-15-16-17-18-19-20-21-22-23-24-25-29-47(50)51-42-34-36-48(5)41(38-42)30-31-43-45-33-32-44(40(4)28-26-27-39(2)3)49(45,6)37-35-46(43)48/h14-15,30,39-40,42-46H,7-13,16-29,31-38H2,1-6H3/b15-14-/t40-,42-,43+,44-,45+,46+,48-,49+/m0/s1. The van der Waals surface area contributed by atoms with Crippen LogP contribution in [-0.2, 0) is 9.53 Å². The highest BCUT2D eigenvalue weighted by atomic mass is 16.5. The van der Waals surface area contributed by atoms with Crippen LogP contribution in [-0.4, -0.2) is 12.1 Å². The number of esters is 1. The van der Waals surface area contributed by atoms with Gasteiger partial charge >= 0.3 is 5.97 Å². The molecule has 3 fully saturated rings. The van der Waals surface area contributed by atoms with Gasteiger partial charge in [0.2, 0.25) is 0 Å². The normalized spacial score (nSPS) is 31.0. The second-order valence-corrected chi connectivity index (χ2v) is 19.4. The molecule has 0 unspecified atom stereocenters. The molecule has 4 aliphatic rings. The number of hydrogen-bond acceptors (Lipinski definition) is 2. The van der Waals surface area contributed by atoms with Crippen molar-refractivity contribution in [2.75, 3.05) is 0 Å². The Kier molecular flexibility index (Phi) is 18.7. The average Bonchev–Trinajstić information content (AvgIpc) is 3.46. The van der Waals surface area contributed by atoms with Crippen molar-refractivity contribution in [1.82, 2.24) is 0 Å². The van der Waals surface area contributed by atoms with E-state index in [1.54, 1.807) is 5.57 Å². The maximum absolute atomic E-state index is 12.9. The third-order valence-corrected chi connectivity index (χ3v) is 15.2. The molecular weight excluding hydrogens is 621 g/mol. The van der Waals surface area contributed by atoms with E-state index in [9.17, 15) is 4.79 Å². The number of hydrogen-bond donors (Lipinski definition) is 0. The Balaban J connectivity index is 1.04. The summed E-state index contributed by atoms with van der Waals surface area (Å²) in [6, 6.07) is 0. The van der Waals surface area contributed by atoms with Gasteiger partial charge in [0.25, 0.3) is 0 Å². The van der Waals surface area contributed by atoms with Crippen LogP contribution in [0.3, 0.4) is 0 Å². The van der Waals surface area contributed by atoms with Gasteiger partial charge in [-0.15, -0.1) is 0 Å². The van der Waals surface area contributed by atoms with Gasteiger partial charge in [0.15, 0.2) is 0 Å². The van der Waals surface area contributed by atoms with Crippen molar-refractivity contribution in [3.05, 3.63) is 23.8 Å². The molecule has 0 spiro atoms. The Bertz CT molecular complexity index is 1040. The highest BCUT2D eigenvalue weighted by molar-refractivity contribution is 5.69. The zero-order chi connectivity index (χ0) is 36.5. The van der Waals surface area contributed by atoms with E-state index in [1.165, 1.54) is 161 Å². The number of allylic oxidation sites excluding steroid dienone is 3. The topological polar surface area (TPSA) is 26.3 Å². The molecule has 51 heavy (non-hydrogen) atoms. The van der Waals surface area contributed by atoms with Crippen LogP contribution >= 0.6 is 0 Å². The minimum atomic E-state index is 0.0619. The van der Waals surface area contributed by atoms with Crippen molar-refractivity contribution >= 4 is 5.97 Å². The van der Waals surface area contributed by atoms with E-state index < -0.39 is 0 Å². The summed E-state index contributed by atoms with van der Waals surface area (Å²) in [5, 5.41) is 0. The van der Waals surface area contributed by atoms with E-state index >= 15 is 0 Å². The summed E-state index contributed by atoms with van der Waals surface area (Å²) in [5.41, 5.74) is 2.53. The van der Waals surface area contributed by atoms with E-state index in [0.29, 0.717) is 17.3 Å². The predicted molar refractivity (Wildman–Crippen MR) is 221 cm³/mol. The van der Waals surface area contributed by atoms with Gasteiger partial charge in [0.05, 0.1) is 0 Å². The van der Waals surface area contributed by atoms with Crippen LogP contribution in [0, 0.1) is 46.3 Å². The fourth-order valence-electron chi connectivity index (χ4n) is 12.0. The summed E-state index contributed by atoms with van der Waals surface area (Å²) in [5.74, 6) is 5.32. The number of fused-ring (bicyclic) bond motifs is 5. The Morgan fingerprint density at radius 1 is 0.745 bits per heavy atom. The molecule has 0 N–H and O–H groups in total. The van der Waals surface area contributed by atoms with Gasteiger partial charge in [-0.3, -0.25) is 4.79 Å². The first kappa shape index (κ1) is 42.7. The first-order valence-electron chi connectivity index (χ1n) is 23.2. The first-order chi connectivity index (χ1) is 24.7. The maximum Gasteiger partial charge on any atom is 0.306 e.